The van der Waals surface area contributed by atoms with Gasteiger partial charge in [0.15, 0.2) is 0 Å². The lowest BCUT2D eigenvalue weighted by Crippen LogP contribution is -1.93. The molecule has 14 heavy (non-hydrogen) atoms. The number of aliphatic hydroxyl groups is 1. The summed E-state index contributed by atoms with van der Waals surface area (Å²) in [5.41, 5.74) is 2.21. The van der Waals surface area contributed by atoms with Gasteiger partial charge in [-0.15, -0.1) is 0 Å². The van der Waals surface area contributed by atoms with Crippen LogP contribution in [0.4, 0.5) is 0 Å². The molecule has 0 amide bonds. The fourth-order valence-electron chi connectivity index (χ4n) is 1.86. The van der Waals surface area contributed by atoms with Crippen LogP contribution in [0.2, 0.25) is 0 Å². The molecule has 0 bridgehead atoms. The van der Waals surface area contributed by atoms with E-state index in [1.807, 2.05) is 32.3 Å². The van der Waals surface area contributed by atoms with E-state index in [0.717, 1.165) is 17.4 Å². The molecule has 0 aliphatic heterocycles. The summed E-state index contributed by atoms with van der Waals surface area (Å²) in [6.07, 6.45) is 2.42. The van der Waals surface area contributed by atoms with Gasteiger partial charge in [0.05, 0.1) is 6.10 Å². The lowest BCUT2D eigenvalue weighted by atomic mass is 10.1. The molecule has 2 heteroatoms. The first kappa shape index (κ1) is 9.28. The van der Waals surface area contributed by atoms with Crippen molar-refractivity contribution in [1.82, 2.24) is 4.57 Å². The minimum Gasteiger partial charge on any atom is -0.388 e. The van der Waals surface area contributed by atoms with Gasteiger partial charge < -0.3 is 9.67 Å². The summed E-state index contributed by atoms with van der Waals surface area (Å²) in [5, 5.41) is 11.0. The molecule has 1 aromatic carbocycles. The highest BCUT2D eigenvalue weighted by Gasteiger charge is 2.11. The monoisotopic (exact) mass is 189 g/mol. The molecule has 1 N–H and O–H groups in total. The van der Waals surface area contributed by atoms with Gasteiger partial charge in [-0.3, -0.25) is 0 Å². The summed E-state index contributed by atoms with van der Waals surface area (Å²) in [7, 11) is 2.01. The Labute approximate surface area is 83.8 Å². The van der Waals surface area contributed by atoms with Crippen LogP contribution in [0.3, 0.4) is 0 Å². The van der Waals surface area contributed by atoms with E-state index in [1.54, 1.807) is 0 Å². The third kappa shape index (κ3) is 1.32. The number of aryl methyl sites for hydroxylation is 1. The van der Waals surface area contributed by atoms with Crippen LogP contribution in [0.25, 0.3) is 10.9 Å². The number of fused-ring (bicyclic) bond motifs is 1. The smallest absolute Gasteiger partial charge is 0.0808 e. The minimum atomic E-state index is -0.346. The third-order valence-electron chi connectivity index (χ3n) is 2.67. The van der Waals surface area contributed by atoms with Gasteiger partial charge in [0.2, 0.25) is 0 Å². The number of benzene rings is 1. The number of aromatic nitrogens is 1. The largest absolute Gasteiger partial charge is 0.388 e. The summed E-state index contributed by atoms with van der Waals surface area (Å²) in [6.45, 7) is 1.99. The van der Waals surface area contributed by atoms with Crippen molar-refractivity contribution in [2.45, 2.75) is 19.4 Å². The van der Waals surface area contributed by atoms with E-state index in [2.05, 4.69) is 16.7 Å². The normalized spacial score (nSPS) is 13.4. The van der Waals surface area contributed by atoms with Crippen molar-refractivity contribution in [2.75, 3.05) is 0 Å². The van der Waals surface area contributed by atoms with Crippen molar-refractivity contribution >= 4 is 10.9 Å². The molecule has 0 unspecified atom stereocenters. The van der Waals surface area contributed by atoms with Crippen molar-refractivity contribution in [3.63, 3.8) is 0 Å². The first-order valence-corrected chi connectivity index (χ1v) is 4.96. The van der Waals surface area contributed by atoms with Crippen molar-refractivity contribution in [3.8, 4) is 0 Å². The second-order valence-corrected chi connectivity index (χ2v) is 3.64. The molecule has 0 aliphatic carbocycles. The van der Waals surface area contributed by atoms with Crippen molar-refractivity contribution < 1.29 is 5.11 Å². The van der Waals surface area contributed by atoms with Gasteiger partial charge >= 0.3 is 0 Å². The maximum atomic E-state index is 9.83. The molecule has 0 radical (unpaired) electrons. The molecular formula is C12H15NO. The Kier molecular flexibility index (Phi) is 2.30. The quantitative estimate of drug-likeness (QED) is 0.771. The standard InChI is InChI=1S/C12H15NO/c1-3-12(14)10-8-13(2)11-7-5-4-6-9(10)11/h4-8,12,14H,3H2,1-2H3/t12-/m1/s1. The van der Waals surface area contributed by atoms with Crippen LogP contribution in [0.15, 0.2) is 30.5 Å². The molecule has 0 saturated heterocycles. The lowest BCUT2D eigenvalue weighted by Gasteiger charge is -2.04. The molecule has 2 rings (SSSR count). The van der Waals surface area contributed by atoms with E-state index < -0.39 is 0 Å². The molecule has 0 fully saturated rings. The van der Waals surface area contributed by atoms with Crippen LogP contribution in [0.1, 0.15) is 25.0 Å². The number of hydrogen-bond donors (Lipinski definition) is 1. The Bertz CT molecular complexity index is 445. The Hall–Kier alpha value is -1.28. The van der Waals surface area contributed by atoms with Gasteiger partial charge in [-0.05, 0) is 12.5 Å². The lowest BCUT2D eigenvalue weighted by molar-refractivity contribution is 0.175. The molecule has 0 aliphatic rings. The van der Waals surface area contributed by atoms with E-state index in [1.165, 1.54) is 5.52 Å². The van der Waals surface area contributed by atoms with Gasteiger partial charge in [0.25, 0.3) is 0 Å². The molecule has 1 heterocycles. The summed E-state index contributed by atoms with van der Waals surface area (Å²) >= 11 is 0. The van der Waals surface area contributed by atoms with E-state index in [4.69, 9.17) is 0 Å². The topological polar surface area (TPSA) is 25.2 Å². The fraction of sp³-hybridized carbons (Fsp3) is 0.333. The van der Waals surface area contributed by atoms with Crippen LogP contribution in [-0.2, 0) is 7.05 Å². The zero-order valence-electron chi connectivity index (χ0n) is 8.57. The summed E-state index contributed by atoms with van der Waals surface area (Å²) in [4.78, 5) is 0. The molecule has 1 aromatic heterocycles. The second kappa shape index (κ2) is 3.46. The maximum absolute atomic E-state index is 9.83. The average molecular weight is 189 g/mol. The molecule has 0 saturated carbocycles. The number of nitrogens with zero attached hydrogens (tertiary/aromatic N) is 1. The molecule has 74 valence electrons. The Morgan fingerprint density at radius 3 is 2.79 bits per heavy atom. The summed E-state index contributed by atoms with van der Waals surface area (Å²) in [6, 6.07) is 8.16. The molecule has 0 spiro atoms. The van der Waals surface area contributed by atoms with Crippen LogP contribution in [0, 0.1) is 0 Å². The van der Waals surface area contributed by atoms with Crippen molar-refractivity contribution in [2.24, 2.45) is 7.05 Å². The Morgan fingerprint density at radius 2 is 2.07 bits per heavy atom. The predicted octanol–water partition coefficient (Wildman–Crippen LogP) is 2.62. The number of rotatable bonds is 2. The summed E-state index contributed by atoms with van der Waals surface area (Å²) < 4.78 is 2.06. The number of para-hydroxylation sites is 1. The number of hydrogen-bond acceptors (Lipinski definition) is 1. The van der Waals surface area contributed by atoms with E-state index >= 15 is 0 Å². The Balaban J connectivity index is 2.66. The van der Waals surface area contributed by atoms with Crippen LogP contribution >= 0.6 is 0 Å². The van der Waals surface area contributed by atoms with Crippen LogP contribution < -0.4 is 0 Å². The average Bonchev–Trinajstić information content (AvgIpc) is 2.56. The zero-order chi connectivity index (χ0) is 10.1. The van der Waals surface area contributed by atoms with Gasteiger partial charge in [0.1, 0.15) is 0 Å². The van der Waals surface area contributed by atoms with Crippen LogP contribution in [0.5, 0.6) is 0 Å². The van der Waals surface area contributed by atoms with Gasteiger partial charge in [-0.1, -0.05) is 25.1 Å². The van der Waals surface area contributed by atoms with Crippen molar-refractivity contribution in [1.29, 1.82) is 0 Å². The minimum absolute atomic E-state index is 0.346. The van der Waals surface area contributed by atoms with E-state index in [0.29, 0.717) is 0 Å². The molecule has 1 atom stereocenters. The fourth-order valence-corrected chi connectivity index (χ4v) is 1.86. The maximum Gasteiger partial charge on any atom is 0.0808 e. The predicted molar refractivity (Wildman–Crippen MR) is 58.2 cm³/mol. The first-order chi connectivity index (χ1) is 6.74. The van der Waals surface area contributed by atoms with E-state index in [-0.39, 0.29) is 6.10 Å². The third-order valence-corrected chi connectivity index (χ3v) is 2.67. The van der Waals surface area contributed by atoms with Gasteiger partial charge in [-0.25, -0.2) is 0 Å². The highest BCUT2D eigenvalue weighted by atomic mass is 16.3. The molecule has 2 nitrogen and oxygen atoms in total. The van der Waals surface area contributed by atoms with Gasteiger partial charge in [0, 0.05) is 29.7 Å². The first-order valence-electron chi connectivity index (χ1n) is 4.96. The number of aliphatic hydroxyl groups excluding tert-OH is 1. The second-order valence-electron chi connectivity index (χ2n) is 3.64. The van der Waals surface area contributed by atoms with Crippen LogP contribution in [-0.4, -0.2) is 9.67 Å². The zero-order valence-corrected chi connectivity index (χ0v) is 8.57. The highest BCUT2D eigenvalue weighted by molar-refractivity contribution is 5.84. The SMILES string of the molecule is CC[C@@H](O)c1cn(C)c2ccccc12. The molecule has 2 aromatic rings. The van der Waals surface area contributed by atoms with Gasteiger partial charge in [-0.2, -0.15) is 0 Å². The summed E-state index contributed by atoms with van der Waals surface area (Å²) in [5.74, 6) is 0. The van der Waals surface area contributed by atoms with E-state index in [9.17, 15) is 5.11 Å². The molecular weight excluding hydrogens is 174 g/mol. The Morgan fingerprint density at radius 1 is 1.36 bits per heavy atom. The highest BCUT2D eigenvalue weighted by Crippen LogP contribution is 2.27. The van der Waals surface area contributed by atoms with Crippen molar-refractivity contribution in [3.05, 3.63) is 36.0 Å².